The van der Waals surface area contributed by atoms with E-state index in [1.807, 2.05) is 20.9 Å². The summed E-state index contributed by atoms with van der Waals surface area (Å²) in [5.41, 5.74) is 2.66. The summed E-state index contributed by atoms with van der Waals surface area (Å²) in [5.74, 6) is -1.74. The van der Waals surface area contributed by atoms with Crippen LogP contribution in [-0.4, -0.2) is 20.9 Å². The SMILES string of the molecule is Cc1nn(C)c(C)c1CNc1c(F)cccc1C(=O)O. The van der Waals surface area contributed by atoms with E-state index in [-0.39, 0.29) is 11.3 Å². The number of rotatable bonds is 4. The molecule has 0 aliphatic rings. The van der Waals surface area contributed by atoms with E-state index < -0.39 is 11.8 Å². The molecule has 2 N–H and O–H groups in total. The molecule has 1 heterocycles. The van der Waals surface area contributed by atoms with Gasteiger partial charge in [-0.2, -0.15) is 5.10 Å². The van der Waals surface area contributed by atoms with Gasteiger partial charge in [-0.15, -0.1) is 0 Å². The maximum Gasteiger partial charge on any atom is 0.337 e. The number of para-hydroxylation sites is 1. The number of carboxylic acids is 1. The van der Waals surface area contributed by atoms with Crippen molar-refractivity contribution < 1.29 is 14.3 Å². The number of aromatic carboxylic acids is 1. The van der Waals surface area contributed by atoms with Crippen LogP contribution in [0.15, 0.2) is 18.2 Å². The Kier molecular flexibility index (Phi) is 3.74. The lowest BCUT2D eigenvalue weighted by molar-refractivity contribution is 0.0697. The van der Waals surface area contributed by atoms with Crippen LogP contribution in [0.25, 0.3) is 0 Å². The highest BCUT2D eigenvalue weighted by Crippen LogP contribution is 2.22. The molecule has 2 aromatic rings. The topological polar surface area (TPSA) is 67.2 Å². The van der Waals surface area contributed by atoms with Crippen molar-refractivity contribution in [3.8, 4) is 0 Å². The van der Waals surface area contributed by atoms with Crippen LogP contribution < -0.4 is 5.32 Å². The average molecular weight is 277 g/mol. The third kappa shape index (κ3) is 2.49. The largest absolute Gasteiger partial charge is 0.478 e. The molecule has 0 amide bonds. The van der Waals surface area contributed by atoms with Crippen molar-refractivity contribution in [1.29, 1.82) is 0 Å². The van der Waals surface area contributed by atoms with E-state index in [4.69, 9.17) is 5.11 Å². The number of carboxylic acid groups (broad SMARTS) is 1. The fraction of sp³-hybridized carbons (Fsp3) is 0.286. The van der Waals surface area contributed by atoms with Gasteiger partial charge in [0.2, 0.25) is 0 Å². The number of halogens is 1. The monoisotopic (exact) mass is 277 g/mol. The Balaban J connectivity index is 2.30. The number of nitrogens with one attached hydrogen (secondary N) is 1. The molecule has 0 bridgehead atoms. The molecule has 2 rings (SSSR count). The van der Waals surface area contributed by atoms with E-state index >= 15 is 0 Å². The number of aryl methyl sites for hydroxylation is 2. The van der Waals surface area contributed by atoms with Gasteiger partial charge in [0.05, 0.1) is 16.9 Å². The van der Waals surface area contributed by atoms with Crippen LogP contribution in [0.1, 0.15) is 27.3 Å². The minimum Gasteiger partial charge on any atom is -0.478 e. The van der Waals surface area contributed by atoms with Crippen molar-refractivity contribution in [3.63, 3.8) is 0 Å². The second-order valence-electron chi connectivity index (χ2n) is 4.59. The maximum absolute atomic E-state index is 13.8. The Morgan fingerprint density at radius 1 is 1.45 bits per heavy atom. The minimum absolute atomic E-state index is 0.00246. The predicted molar refractivity (Wildman–Crippen MR) is 73.4 cm³/mol. The van der Waals surface area contributed by atoms with Gasteiger partial charge in [-0.1, -0.05) is 6.07 Å². The molecule has 5 nitrogen and oxygen atoms in total. The normalized spacial score (nSPS) is 10.6. The molecule has 0 unspecified atom stereocenters. The molecular formula is C14H16FN3O2. The van der Waals surface area contributed by atoms with Crippen molar-refractivity contribution in [2.45, 2.75) is 20.4 Å². The number of hydrogen-bond donors (Lipinski definition) is 2. The summed E-state index contributed by atoms with van der Waals surface area (Å²) in [6, 6.07) is 3.99. The van der Waals surface area contributed by atoms with Gasteiger partial charge in [-0.3, -0.25) is 4.68 Å². The van der Waals surface area contributed by atoms with Crippen LogP contribution >= 0.6 is 0 Å². The van der Waals surface area contributed by atoms with Crippen LogP contribution in [0.2, 0.25) is 0 Å². The standard InChI is InChI=1S/C14H16FN3O2/c1-8-11(9(2)18(3)17-8)7-16-13-10(14(19)20)5-4-6-12(13)15/h4-6,16H,7H2,1-3H3,(H,19,20). The van der Waals surface area contributed by atoms with Crippen LogP contribution in [0, 0.1) is 19.7 Å². The molecule has 1 aromatic carbocycles. The highest BCUT2D eigenvalue weighted by molar-refractivity contribution is 5.94. The van der Waals surface area contributed by atoms with Gasteiger partial charge in [0, 0.05) is 24.8 Å². The number of aromatic nitrogens is 2. The highest BCUT2D eigenvalue weighted by Gasteiger charge is 2.15. The molecule has 0 aliphatic carbocycles. The number of carbonyl (C=O) groups is 1. The first-order valence-corrected chi connectivity index (χ1v) is 6.16. The molecule has 20 heavy (non-hydrogen) atoms. The van der Waals surface area contributed by atoms with Gasteiger partial charge in [-0.25, -0.2) is 9.18 Å². The van der Waals surface area contributed by atoms with E-state index in [1.54, 1.807) is 4.68 Å². The Bertz CT molecular complexity index is 665. The van der Waals surface area contributed by atoms with Gasteiger partial charge < -0.3 is 10.4 Å². The Morgan fingerprint density at radius 3 is 2.70 bits per heavy atom. The average Bonchev–Trinajstić information content (AvgIpc) is 2.62. The Morgan fingerprint density at radius 2 is 2.15 bits per heavy atom. The smallest absolute Gasteiger partial charge is 0.337 e. The van der Waals surface area contributed by atoms with Crippen molar-refractivity contribution >= 4 is 11.7 Å². The zero-order chi connectivity index (χ0) is 14.9. The summed E-state index contributed by atoms with van der Waals surface area (Å²) in [4.78, 5) is 11.1. The molecule has 0 aliphatic heterocycles. The fourth-order valence-electron chi connectivity index (χ4n) is 2.13. The van der Waals surface area contributed by atoms with Crippen LogP contribution in [0.5, 0.6) is 0 Å². The van der Waals surface area contributed by atoms with Gasteiger partial charge in [0.15, 0.2) is 0 Å². The zero-order valence-corrected chi connectivity index (χ0v) is 11.6. The van der Waals surface area contributed by atoms with E-state index in [9.17, 15) is 9.18 Å². The molecule has 0 radical (unpaired) electrons. The Hall–Kier alpha value is -2.37. The second-order valence-corrected chi connectivity index (χ2v) is 4.59. The van der Waals surface area contributed by atoms with Crippen molar-refractivity contribution in [1.82, 2.24) is 9.78 Å². The summed E-state index contributed by atoms with van der Waals surface area (Å²) < 4.78 is 15.5. The third-order valence-electron chi connectivity index (χ3n) is 3.34. The van der Waals surface area contributed by atoms with Gasteiger partial charge in [-0.05, 0) is 26.0 Å². The lowest BCUT2D eigenvalue weighted by Crippen LogP contribution is -2.09. The van der Waals surface area contributed by atoms with Gasteiger partial charge in [0.1, 0.15) is 5.82 Å². The van der Waals surface area contributed by atoms with Crippen molar-refractivity contribution in [2.24, 2.45) is 7.05 Å². The van der Waals surface area contributed by atoms with Crippen LogP contribution in [0.3, 0.4) is 0 Å². The first kappa shape index (κ1) is 14.0. The lowest BCUT2D eigenvalue weighted by Gasteiger charge is -2.11. The zero-order valence-electron chi connectivity index (χ0n) is 11.6. The predicted octanol–water partition coefficient (Wildman–Crippen LogP) is 2.49. The minimum atomic E-state index is -1.16. The number of anilines is 1. The summed E-state index contributed by atoms with van der Waals surface area (Å²) in [5, 5.41) is 16.2. The number of benzene rings is 1. The second kappa shape index (κ2) is 5.32. The van der Waals surface area contributed by atoms with Gasteiger partial charge >= 0.3 is 5.97 Å². The van der Waals surface area contributed by atoms with E-state index in [1.165, 1.54) is 18.2 Å². The quantitative estimate of drug-likeness (QED) is 0.901. The molecule has 0 saturated carbocycles. The molecule has 0 atom stereocenters. The Labute approximate surface area is 116 Å². The molecule has 0 saturated heterocycles. The fourth-order valence-corrected chi connectivity index (χ4v) is 2.13. The first-order valence-electron chi connectivity index (χ1n) is 6.16. The lowest BCUT2D eigenvalue weighted by atomic mass is 10.1. The molecular weight excluding hydrogens is 261 g/mol. The summed E-state index contributed by atoms with van der Waals surface area (Å²) in [6.45, 7) is 4.10. The molecule has 0 fully saturated rings. The maximum atomic E-state index is 13.8. The molecule has 106 valence electrons. The van der Waals surface area contributed by atoms with Gasteiger partial charge in [0.25, 0.3) is 0 Å². The van der Waals surface area contributed by atoms with Crippen molar-refractivity contribution in [3.05, 3.63) is 46.5 Å². The van der Waals surface area contributed by atoms with Crippen LogP contribution in [0.4, 0.5) is 10.1 Å². The number of nitrogens with zero attached hydrogens (tertiary/aromatic N) is 2. The third-order valence-corrected chi connectivity index (χ3v) is 3.34. The molecule has 0 spiro atoms. The van der Waals surface area contributed by atoms with Crippen molar-refractivity contribution in [2.75, 3.05) is 5.32 Å². The summed E-state index contributed by atoms with van der Waals surface area (Å²) >= 11 is 0. The van der Waals surface area contributed by atoms with Crippen LogP contribution in [-0.2, 0) is 13.6 Å². The van der Waals surface area contributed by atoms with E-state index in [0.29, 0.717) is 6.54 Å². The van der Waals surface area contributed by atoms with E-state index in [2.05, 4.69) is 10.4 Å². The molecule has 6 heteroatoms. The summed E-state index contributed by atoms with van der Waals surface area (Å²) in [7, 11) is 1.83. The molecule has 1 aromatic heterocycles. The number of hydrogen-bond acceptors (Lipinski definition) is 3. The van der Waals surface area contributed by atoms with E-state index in [0.717, 1.165) is 17.0 Å². The first-order chi connectivity index (χ1) is 9.41. The summed E-state index contributed by atoms with van der Waals surface area (Å²) in [6.07, 6.45) is 0. The highest BCUT2D eigenvalue weighted by atomic mass is 19.1.